The third-order valence-corrected chi connectivity index (χ3v) is 6.70. The Morgan fingerprint density at radius 3 is 2.34 bits per heavy atom. The average molecular weight is 494 g/mol. The number of Topliss-reactive ketones (excluding diaryl/α,β-unsaturated/α-hetero) is 1. The van der Waals surface area contributed by atoms with Crippen LogP contribution in [0.15, 0.2) is 77.1 Å². The fourth-order valence-electron chi connectivity index (χ4n) is 5.05. The zero-order chi connectivity index (χ0) is 25.1. The van der Waals surface area contributed by atoms with Gasteiger partial charge in [0.2, 0.25) is 0 Å². The van der Waals surface area contributed by atoms with Crippen LogP contribution in [0.4, 0.5) is 0 Å². The van der Waals surface area contributed by atoms with Gasteiger partial charge in [0.25, 0.3) is 0 Å². The molecule has 0 aromatic heterocycles. The fourth-order valence-corrected chi connectivity index (χ4v) is 5.25. The van der Waals surface area contributed by atoms with E-state index in [9.17, 15) is 14.4 Å². The molecule has 2 aliphatic rings. The second-order valence-corrected chi connectivity index (χ2v) is 9.02. The maximum absolute atomic E-state index is 14.2. The molecule has 0 radical (unpaired) electrons. The standard InChI is InChI=1S/C28H28ClNO5/c1-4-34-27(32)22-16(3)30-21-15-20(17-10-7-6-8-11-17)24(28(33)35-5-2)26(31)25(21)23(22)18-12-9-13-19(29)14-18/h6-14,20,23-24,30H,4-5,15H2,1-3H3. The molecule has 7 heteroatoms. The van der Waals surface area contributed by atoms with E-state index in [1.807, 2.05) is 36.4 Å². The lowest BCUT2D eigenvalue weighted by atomic mass is 9.67. The zero-order valence-corrected chi connectivity index (χ0v) is 20.7. The number of ketones is 1. The van der Waals surface area contributed by atoms with Gasteiger partial charge in [0, 0.05) is 33.8 Å². The first-order chi connectivity index (χ1) is 16.9. The molecule has 0 saturated heterocycles. The first kappa shape index (κ1) is 24.7. The number of benzene rings is 2. The summed E-state index contributed by atoms with van der Waals surface area (Å²) in [5, 5.41) is 3.78. The van der Waals surface area contributed by atoms with Gasteiger partial charge >= 0.3 is 11.9 Å². The summed E-state index contributed by atoms with van der Waals surface area (Å²) < 4.78 is 10.7. The summed E-state index contributed by atoms with van der Waals surface area (Å²) in [4.78, 5) is 40.4. The lowest BCUT2D eigenvalue weighted by molar-refractivity contribution is -0.152. The van der Waals surface area contributed by atoms with Gasteiger partial charge in [0.05, 0.1) is 18.8 Å². The maximum Gasteiger partial charge on any atom is 0.336 e. The molecule has 2 aromatic rings. The molecular weight excluding hydrogens is 466 g/mol. The maximum atomic E-state index is 14.2. The number of rotatable bonds is 6. The normalized spacial score (nSPS) is 21.8. The highest BCUT2D eigenvalue weighted by atomic mass is 35.5. The molecule has 4 rings (SSSR count). The molecule has 0 fully saturated rings. The molecule has 6 nitrogen and oxygen atoms in total. The first-order valence-corrected chi connectivity index (χ1v) is 12.1. The number of esters is 2. The minimum atomic E-state index is -1.03. The van der Waals surface area contributed by atoms with E-state index >= 15 is 0 Å². The van der Waals surface area contributed by atoms with Crippen LogP contribution in [-0.2, 0) is 23.9 Å². The third kappa shape index (κ3) is 4.76. The van der Waals surface area contributed by atoms with Crippen molar-refractivity contribution in [1.29, 1.82) is 0 Å². The summed E-state index contributed by atoms with van der Waals surface area (Å²) in [5.41, 5.74) is 3.59. The molecule has 182 valence electrons. The first-order valence-electron chi connectivity index (χ1n) is 11.8. The molecule has 1 N–H and O–H groups in total. The van der Waals surface area contributed by atoms with Crippen molar-refractivity contribution < 1.29 is 23.9 Å². The predicted octanol–water partition coefficient (Wildman–Crippen LogP) is 5.05. The molecule has 35 heavy (non-hydrogen) atoms. The number of hydrogen-bond acceptors (Lipinski definition) is 6. The van der Waals surface area contributed by atoms with E-state index in [-0.39, 0.29) is 19.0 Å². The Morgan fingerprint density at radius 2 is 1.69 bits per heavy atom. The second-order valence-electron chi connectivity index (χ2n) is 8.58. The van der Waals surface area contributed by atoms with Crippen molar-refractivity contribution in [2.45, 2.75) is 39.0 Å². The van der Waals surface area contributed by atoms with Crippen molar-refractivity contribution >= 4 is 29.3 Å². The number of halogens is 1. The number of ether oxygens (including phenoxy) is 2. The Kier molecular flexibility index (Phi) is 7.41. The molecule has 0 amide bonds. The highest BCUT2D eigenvalue weighted by Gasteiger charge is 2.49. The van der Waals surface area contributed by atoms with E-state index in [0.717, 1.165) is 5.56 Å². The predicted molar refractivity (Wildman–Crippen MR) is 133 cm³/mol. The molecule has 2 aromatic carbocycles. The second kappa shape index (κ2) is 10.5. The van der Waals surface area contributed by atoms with Crippen molar-refractivity contribution in [1.82, 2.24) is 5.32 Å². The monoisotopic (exact) mass is 493 g/mol. The van der Waals surface area contributed by atoms with E-state index in [1.54, 1.807) is 39.0 Å². The van der Waals surface area contributed by atoms with Crippen LogP contribution in [0.5, 0.6) is 0 Å². The highest BCUT2D eigenvalue weighted by Crippen LogP contribution is 2.48. The van der Waals surface area contributed by atoms with Gasteiger partial charge in [-0.25, -0.2) is 4.79 Å². The summed E-state index contributed by atoms with van der Waals surface area (Å²) in [5.74, 6) is -3.57. The lowest BCUT2D eigenvalue weighted by Gasteiger charge is -2.39. The molecule has 1 heterocycles. The van der Waals surface area contributed by atoms with E-state index in [2.05, 4.69) is 5.32 Å². The molecule has 3 unspecified atom stereocenters. The van der Waals surface area contributed by atoms with Gasteiger partial charge in [0.1, 0.15) is 5.92 Å². The Bertz CT molecular complexity index is 1220. The number of nitrogens with one attached hydrogen (secondary N) is 1. The molecule has 0 spiro atoms. The molecule has 0 saturated carbocycles. The van der Waals surface area contributed by atoms with Gasteiger partial charge in [-0.3, -0.25) is 9.59 Å². The van der Waals surface area contributed by atoms with Crippen LogP contribution in [0.2, 0.25) is 5.02 Å². The average Bonchev–Trinajstić information content (AvgIpc) is 2.83. The van der Waals surface area contributed by atoms with Crippen LogP contribution in [0.3, 0.4) is 0 Å². The number of carbonyl (C=O) groups is 3. The largest absolute Gasteiger partial charge is 0.465 e. The van der Waals surface area contributed by atoms with Crippen LogP contribution in [0, 0.1) is 5.92 Å². The summed E-state index contributed by atoms with van der Waals surface area (Å²) >= 11 is 6.30. The number of hydrogen-bond donors (Lipinski definition) is 1. The molecule has 3 atom stereocenters. The number of allylic oxidation sites excluding steroid dienone is 3. The summed E-state index contributed by atoms with van der Waals surface area (Å²) in [7, 11) is 0. The topological polar surface area (TPSA) is 81.7 Å². The van der Waals surface area contributed by atoms with Gasteiger partial charge in [0.15, 0.2) is 5.78 Å². The molecular formula is C28H28ClNO5. The fraction of sp³-hybridized carbons (Fsp3) is 0.321. The van der Waals surface area contributed by atoms with Crippen LogP contribution >= 0.6 is 11.6 Å². The highest BCUT2D eigenvalue weighted by molar-refractivity contribution is 6.30. The van der Waals surface area contributed by atoms with Crippen molar-refractivity contribution in [3.05, 3.63) is 93.3 Å². The Labute approximate surface area is 210 Å². The Morgan fingerprint density at radius 1 is 1.00 bits per heavy atom. The van der Waals surface area contributed by atoms with Crippen molar-refractivity contribution in [2.75, 3.05) is 13.2 Å². The summed E-state index contributed by atoms with van der Waals surface area (Å²) in [6, 6.07) is 16.6. The van der Waals surface area contributed by atoms with Gasteiger partial charge in [-0.15, -0.1) is 0 Å². The summed E-state index contributed by atoms with van der Waals surface area (Å²) in [6.07, 6.45) is 0.416. The van der Waals surface area contributed by atoms with E-state index in [1.165, 1.54) is 0 Å². The van der Waals surface area contributed by atoms with E-state index < -0.39 is 29.7 Å². The van der Waals surface area contributed by atoms with Crippen molar-refractivity contribution in [3.8, 4) is 0 Å². The molecule has 0 bridgehead atoms. The molecule has 1 aliphatic heterocycles. The molecule has 1 aliphatic carbocycles. The Balaban J connectivity index is 1.90. The quantitative estimate of drug-likeness (QED) is 0.447. The lowest BCUT2D eigenvalue weighted by Crippen LogP contribution is -2.43. The van der Waals surface area contributed by atoms with Crippen molar-refractivity contribution in [2.24, 2.45) is 5.92 Å². The number of dihydropyridines is 1. The van der Waals surface area contributed by atoms with Crippen LogP contribution in [-0.4, -0.2) is 30.9 Å². The third-order valence-electron chi connectivity index (χ3n) is 6.46. The minimum absolute atomic E-state index is 0.166. The van der Waals surface area contributed by atoms with Crippen molar-refractivity contribution in [3.63, 3.8) is 0 Å². The van der Waals surface area contributed by atoms with Gasteiger partial charge in [-0.1, -0.05) is 54.1 Å². The minimum Gasteiger partial charge on any atom is -0.465 e. The Hall–Kier alpha value is -3.38. The smallest absolute Gasteiger partial charge is 0.336 e. The zero-order valence-electron chi connectivity index (χ0n) is 20.0. The van der Waals surface area contributed by atoms with Crippen LogP contribution in [0.25, 0.3) is 0 Å². The van der Waals surface area contributed by atoms with E-state index in [4.69, 9.17) is 21.1 Å². The van der Waals surface area contributed by atoms with Crippen LogP contribution in [0.1, 0.15) is 50.2 Å². The van der Waals surface area contributed by atoms with Gasteiger partial charge < -0.3 is 14.8 Å². The summed E-state index contributed by atoms with van der Waals surface area (Å²) in [6.45, 7) is 5.61. The number of carbonyl (C=O) groups excluding carboxylic acids is 3. The van der Waals surface area contributed by atoms with E-state index in [0.29, 0.717) is 39.5 Å². The van der Waals surface area contributed by atoms with Gasteiger partial charge in [-0.05, 0) is 50.5 Å². The van der Waals surface area contributed by atoms with Crippen LogP contribution < -0.4 is 5.32 Å². The SMILES string of the molecule is CCOC(=O)C1=C(C)NC2=C(C(=O)C(C(=O)OCC)C(c3ccccc3)C2)C1c1cccc(Cl)c1. The van der Waals surface area contributed by atoms with Gasteiger partial charge in [-0.2, -0.15) is 0 Å².